The van der Waals surface area contributed by atoms with Crippen LogP contribution in [0.3, 0.4) is 0 Å². The van der Waals surface area contributed by atoms with E-state index in [0.29, 0.717) is 12.1 Å². The maximum Gasteiger partial charge on any atom is 0.288 e. The standard InChI is InChI=1S/2C19H16N4.C14H13N2O.C13H14N2O2/c2*1-4-10-17(11-5-1)21-16-20-22(18-12-6-2-7-13-18)23(21)19-14-8-3-9-15-19;17-14-6-3-9-16(14)15-13-8-7-11-4-1-2-5-12(11)10-13;14-12(8-16)13(17)15-11-6-5-9-3-1-2-4-10(9)7-11/h2*1-16H;1-2,4-5,7-8,10H,3,6,9H2;1-7,12,16H,8,14H2,(H,15,17)/q;;-1;/p+1/t;;;12-/m...0/s1. The fraction of sp³-hybridized carbons (Fsp3) is 0.0769. The first kappa shape index (κ1) is 52.9. The van der Waals surface area contributed by atoms with E-state index in [1.54, 1.807) is 11.1 Å². The molecule has 10 aromatic rings. The summed E-state index contributed by atoms with van der Waals surface area (Å²) in [6.07, 6.45) is 5.44. The van der Waals surface area contributed by atoms with Crippen LogP contribution < -0.4 is 42.2 Å². The molecule has 1 saturated heterocycles. The van der Waals surface area contributed by atoms with E-state index in [1.165, 1.54) is 5.39 Å². The molecule has 0 bridgehead atoms. The summed E-state index contributed by atoms with van der Waals surface area (Å²) in [4.78, 5) is 15.3. The number of hydrazone groups is 2. The highest BCUT2D eigenvalue weighted by Gasteiger charge is 2.34. The van der Waals surface area contributed by atoms with Gasteiger partial charge in [0.05, 0.1) is 18.3 Å². The number of benzene rings is 10. The van der Waals surface area contributed by atoms with Gasteiger partial charge in [-0.1, -0.05) is 202 Å². The van der Waals surface area contributed by atoms with Crippen molar-refractivity contribution in [2.24, 2.45) is 10.7 Å². The molecule has 10 aromatic carbocycles. The molecule has 398 valence electrons. The molecule has 1 atom stereocenters. The topological polar surface area (TPSA) is 159 Å². The normalized spacial score (nSPS) is 14.1. The number of anilines is 4. The molecule has 80 heavy (non-hydrogen) atoms. The summed E-state index contributed by atoms with van der Waals surface area (Å²) in [5.41, 5.74) is 24.3. The number of para-hydroxylation sites is 6. The van der Waals surface area contributed by atoms with Gasteiger partial charge in [0.2, 0.25) is 5.91 Å². The molecule has 3 heterocycles. The summed E-state index contributed by atoms with van der Waals surface area (Å²) in [6.45, 7) is 0.349. The van der Waals surface area contributed by atoms with Crippen molar-refractivity contribution in [2.75, 3.05) is 33.6 Å². The Hall–Kier alpha value is -10.5. The summed E-state index contributed by atoms with van der Waals surface area (Å²) < 4.78 is 4.17. The van der Waals surface area contributed by atoms with Gasteiger partial charge in [0.1, 0.15) is 22.7 Å². The summed E-state index contributed by atoms with van der Waals surface area (Å²) in [5, 5.41) is 34.4. The second-order valence-corrected chi connectivity index (χ2v) is 18.4. The fourth-order valence-electron chi connectivity index (χ4n) is 8.92. The molecule has 0 unspecified atom stereocenters. The number of hydrogen-bond donors (Lipinski definition) is 4. The van der Waals surface area contributed by atoms with Crippen molar-refractivity contribution in [3.05, 3.63) is 272 Å². The number of nitrogens with two attached hydrogens (primary N) is 1. The highest BCUT2D eigenvalue weighted by Crippen LogP contribution is 2.31. The quantitative estimate of drug-likeness (QED) is 0.0558. The monoisotopic (exact) mass is 1060 g/mol. The summed E-state index contributed by atoms with van der Waals surface area (Å²) in [5.74, 6) is -0.388. The van der Waals surface area contributed by atoms with Crippen molar-refractivity contribution in [3.63, 3.8) is 0 Å². The van der Waals surface area contributed by atoms with Crippen molar-refractivity contribution in [1.29, 1.82) is 0 Å². The zero-order valence-electron chi connectivity index (χ0n) is 43.8. The number of carbonyl (C=O) groups is 1. The average molecular weight is 1060 g/mol. The van der Waals surface area contributed by atoms with E-state index in [2.05, 4.69) is 126 Å². The number of aliphatic hydroxyl groups excluding tert-OH is 1. The van der Waals surface area contributed by atoms with E-state index in [-0.39, 0.29) is 5.91 Å². The molecule has 3 aliphatic rings. The number of aliphatic imine (C=N–C) groups is 1. The molecular weight excluding hydrogens is 997 g/mol. The Labute approximate surface area is 465 Å². The van der Waals surface area contributed by atoms with Gasteiger partial charge < -0.3 is 26.4 Å². The van der Waals surface area contributed by atoms with Gasteiger partial charge in [-0.2, -0.15) is 10.9 Å². The third kappa shape index (κ3) is 13.0. The lowest BCUT2D eigenvalue weighted by Crippen LogP contribution is -2.46. The Balaban J connectivity index is 0.000000121. The van der Waals surface area contributed by atoms with Crippen LogP contribution >= 0.6 is 0 Å². The van der Waals surface area contributed by atoms with Gasteiger partial charge in [-0.15, -0.1) is 15.1 Å². The molecule has 0 aliphatic carbocycles. The Bertz CT molecular complexity index is 3550. The Kier molecular flexibility index (Phi) is 17.2. The number of carbonyl (C=O) groups excluding carboxylic acids is 1. The predicted molar refractivity (Wildman–Crippen MR) is 321 cm³/mol. The molecule has 5 N–H and O–H groups in total. The SMILES string of the molecule is C1=[N+](c2ccccc2)N(c2ccccc2)N(c2ccccc2)N1.C1=[N+](c2ccccc2)N(c2ccccc2)N(c2ccccc2)N1.N[C@@H](CO)C([O-])=Nc1ccc2ccccc2c1.O=C1CCCN1[N-]c1ccc2ccccc2c1. The van der Waals surface area contributed by atoms with Gasteiger partial charge in [0.25, 0.3) is 12.7 Å². The van der Waals surface area contributed by atoms with Crippen LogP contribution in [0.25, 0.3) is 27.0 Å². The minimum absolute atomic E-state index is 0.123. The highest BCUT2D eigenvalue weighted by atomic mass is 16.3. The van der Waals surface area contributed by atoms with E-state index in [4.69, 9.17) is 10.8 Å². The fourth-order valence-corrected chi connectivity index (χ4v) is 8.92. The van der Waals surface area contributed by atoms with Gasteiger partial charge in [-0.3, -0.25) is 9.79 Å². The molecule has 15 nitrogen and oxygen atoms in total. The van der Waals surface area contributed by atoms with E-state index in [0.717, 1.165) is 68.9 Å². The first-order chi connectivity index (χ1) is 39.4. The third-order valence-electron chi connectivity index (χ3n) is 12.9. The minimum atomic E-state index is -0.943. The number of fused-ring (bicyclic) bond motifs is 2. The van der Waals surface area contributed by atoms with Crippen LogP contribution in [0.1, 0.15) is 12.8 Å². The molecule has 1 amide bonds. The first-order valence-corrected chi connectivity index (χ1v) is 26.3. The maximum absolute atomic E-state index is 11.5. The second-order valence-electron chi connectivity index (χ2n) is 18.4. The number of rotatable bonds is 11. The Morgan fingerprint density at radius 3 is 1.36 bits per heavy atom. The summed E-state index contributed by atoms with van der Waals surface area (Å²) in [6, 6.07) is 88.1. The molecule has 0 aromatic heterocycles. The van der Waals surface area contributed by atoms with Crippen molar-refractivity contribution >= 4 is 91.5 Å². The largest absolute Gasteiger partial charge is 0.861 e. The molecule has 0 spiro atoms. The van der Waals surface area contributed by atoms with Crippen molar-refractivity contribution in [1.82, 2.24) is 15.9 Å². The average Bonchev–Trinajstić information content (AvgIpc) is 4.34. The molecule has 13 rings (SSSR count). The lowest BCUT2D eigenvalue weighted by atomic mass is 10.1. The van der Waals surface area contributed by atoms with Gasteiger partial charge in [-0.25, -0.2) is 0 Å². The minimum Gasteiger partial charge on any atom is -0.861 e. The number of hydrogen-bond acceptors (Lipinski definition) is 11. The number of aliphatic hydroxyl groups is 1. The van der Waals surface area contributed by atoms with Crippen LogP contribution in [0.15, 0.2) is 272 Å². The number of nitrogens with zero attached hydrogens (tertiary/aromatic N) is 9. The van der Waals surface area contributed by atoms with Crippen molar-refractivity contribution in [2.45, 2.75) is 18.9 Å². The maximum atomic E-state index is 11.5. The van der Waals surface area contributed by atoms with Crippen LogP contribution in [0.2, 0.25) is 0 Å². The molecular formula is C65H60N12O3. The molecule has 1 fully saturated rings. The zero-order valence-corrected chi connectivity index (χ0v) is 43.8. The van der Waals surface area contributed by atoms with Gasteiger partial charge in [-0.05, 0) is 119 Å². The van der Waals surface area contributed by atoms with Crippen molar-refractivity contribution < 1.29 is 24.4 Å². The molecule has 0 saturated carbocycles. The second kappa shape index (κ2) is 26.0. The van der Waals surface area contributed by atoms with E-state index < -0.39 is 18.5 Å². The molecule has 3 aliphatic heterocycles. The van der Waals surface area contributed by atoms with Gasteiger partial charge in [0.15, 0.2) is 11.4 Å². The predicted octanol–water partition coefficient (Wildman–Crippen LogP) is 11.4. The molecule has 0 radical (unpaired) electrons. The summed E-state index contributed by atoms with van der Waals surface area (Å²) in [7, 11) is 0. The third-order valence-corrected chi connectivity index (χ3v) is 12.9. The van der Waals surface area contributed by atoms with Gasteiger partial charge in [0, 0.05) is 13.0 Å². The zero-order chi connectivity index (χ0) is 54.9. The van der Waals surface area contributed by atoms with E-state index in [9.17, 15) is 9.90 Å². The number of nitrogens with one attached hydrogen (secondary N) is 2. The highest BCUT2D eigenvalue weighted by molar-refractivity contribution is 5.89. The van der Waals surface area contributed by atoms with Crippen LogP contribution in [0.4, 0.5) is 45.5 Å². The summed E-state index contributed by atoms with van der Waals surface area (Å²) >= 11 is 0. The Morgan fingerprint density at radius 2 is 0.925 bits per heavy atom. The van der Waals surface area contributed by atoms with Crippen LogP contribution in [0.5, 0.6) is 0 Å². The molecule has 15 heteroatoms. The number of amides is 1. The van der Waals surface area contributed by atoms with Crippen LogP contribution in [0, 0.1) is 0 Å². The number of hydrazine groups is 6. The van der Waals surface area contributed by atoms with Crippen LogP contribution in [-0.4, -0.2) is 63.2 Å². The van der Waals surface area contributed by atoms with Crippen molar-refractivity contribution in [3.8, 4) is 0 Å². The first-order valence-electron chi connectivity index (χ1n) is 26.3. The van der Waals surface area contributed by atoms with Gasteiger partial charge >= 0.3 is 0 Å². The lowest BCUT2D eigenvalue weighted by molar-refractivity contribution is -0.444. The Morgan fingerprint density at radius 1 is 0.525 bits per heavy atom. The van der Waals surface area contributed by atoms with E-state index >= 15 is 0 Å². The van der Waals surface area contributed by atoms with E-state index in [1.807, 2.05) is 199 Å². The smallest absolute Gasteiger partial charge is 0.288 e. The van der Waals surface area contributed by atoms with Crippen LogP contribution in [-0.2, 0) is 4.79 Å². The lowest BCUT2D eigenvalue weighted by Gasteiger charge is -2.34.